The summed E-state index contributed by atoms with van der Waals surface area (Å²) >= 11 is 0. The van der Waals surface area contributed by atoms with Gasteiger partial charge >= 0.3 is 0 Å². The predicted octanol–water partition coefficient (Wildman–Crippen LogP) is 4.86. The molecule has 1 saturated carbocycles. The molecule has 2 saturated heterocycles. The first-order chi connectivity index (χ1) is 9.17. The van der Waals surface area contributed by atoms with Crippen molar-refractivity contribution >= 4 is 0 Å². The maximum Gasteiger partial charge on any atom is 0.00955 e. The van der Waals surface area contributed by atoms with Gasteiger partial charge in [0.2, 0.25) is 0 Å². The van der Waals surface area contributed by atoms with Crippen LogP contribution in [0.2, 0.25) is 0 Å². The third-order valence-corrected chi connectivity index (χ3v) is 6.16. The van der Waals surface area contributed by atoms with Gasteiger partial charge in [-0.05, 0) is 49.0 Å². The SMILES string of the molecule is CCCCCC(CC)C1CC(C)C2CC(C)C1CN2. The fraction of sp³-hybridized carbons (Fsp3) is 1.00. The fourth-order valence-corrected chi connectivity index (χ4v) is 4.84. The Balaban J connectivity index is 2.02. The molecule has 3 rings (SSSR count). The van der Waals surface area contributed by atoms with Crippen LogP contribution in [0.15, 0.2) is 0 Å². The van der Waals surface area contributed by atoms with Crippen molar-refractivity contribution in [3.8, 4) is 0 Å². The van der Waals surface area contributed by atoms with Crippen molar-refractivity contribution in [1.82, 2.24) is 5.32 Å². The smallest absolute Gasteiger partial charge is 0.00955 e. The highest BCUT2D eigenvalue weighted by Gasteiger charge is 2.42. The lowest BCUT2D eigenvalue weighted by molar-refractivity contribution is 0.139. The van der Waals surface area contributed by atoms with Gasteiger partial charge in [-0.15, -0.1) is 0 Å². The highest BCUT2D eigenvalue weighted by molar-refractivity contribution is 4.95. The normalized spacial score (nSPS) is 40.1. The van der Waals surface area contributed by atoms with E-state index in [2.05, 4.69) is 33.0 Å². The molecule has 2 heterocycles. The van der Waals surface area contributed by atoms with Gasteiger partial charge in [0, 0.05) is 6.04 Å². The molecule has 0 radical (unpaired) electrons. The monoisotopic (exact) mass is 265 g/mol. The summed E-state index contributed by atoms with van der Waals surface area (Å²) in [4.78, 5) is 0. The number of rotatable bonds is 6. The van der Waals surface area contributed by atoms with Crippen molar-refractivity contribution < 1.29 is 0 Å². The molecular formula is C18H35N. The summed E-state index contributed by atoms with van der Waals surface area (Å²) in [7, 11) is 0. The molecule has 1 heteroatoms. The second-order valence-corrected chi connectivity index (χ2v) is 7.43. The summed E-state index contributed by atoms with van der Waals surface area (Å²) in [6, 6.07) is 0.810. The Morgan fingerprint density at radius 1 is 1.05 bits per heavy atom. The number of unbranched alkanes of at least 4 members (excludes halogenated alkanes) is 2. The van der Waals surface area contributed by atoms with Crippen molar-refractivity contribution in [3.63, 3.8) is 0 Å². The summed E-state index contributed by atoms with van der Waals surface area (Å²) in [6.45, 7) is 11.1. The minimum Gasteiger partial charge on any atom is -0.313 e. The molecule has 19 heavy (non-hydrogen) atoms. The molecule has 3 aliphatic rings. The van der Waals surface area contributed by atoms with Crippen molar-refractivity contribution in [2.75, 3.05) is 6.54 Å². The summed E-state index contributed by atoms with van der Waals surface area (Å²) in [5.74, 6) is 4.77. The average molecular weight is 265 g/mol. The van der Waals surface area contributed by atoms with Crippen LogP contribution in [-0.2, 0) is 0 Å². The minimum atomic E-state index is 0.810. The van der Waals surface area contributed by atoms with Crippen molar-refractivity contribution in [2.24, 2.45) is 29.6 Å². The van der Waals surface area contributed by atoms with Gasteiger partial charge in [0.05, 0.1) is 0 Å². The number of nitrogens with one attached hydrogen (secondary N) is 1. The van der Waals surface area contributed by atoms with E-state index in [1.165, 1.54) is 51.5 Å². The van der Waals surface area contributed by atoms with E-state index in [0.29, 0.717) is 0 Å². The van der Waals surface area contributed by atoms with Crippen LogP contribution in [0, 0.1) is 29.6 Å². The molecule has 2 aliphatic heterocycles. The van der Waals surface area contributed by atoms with E-state index in [-0.39, 0.29) is 0 Å². The minimum absolute atomic E-state index is 0.810. The highest BCUT2D eigenvalue weighted by atomic mass is 15.0. The quantitative estimate of drug-likeness (QED) is 0.676. The van der Waals surface area contributed by atoms with Crippen LogP contribution in [0.4, 0.5) is 0 Å². The first kappa shape index (κ1) is 15.4. The summed E-state index contributed by atoms with van der Waals surface area (Å²) in [5.41, 5.74) is 0. The van der Waals surface area contributed by atoms with Gasteiger partial charge in [-0.1, -0.05) is 59.8 Å². The first-order valence-corrected chi connectivity index (χ1v) is 8.90. The molecule has 0 aromatic carbocycles. The highest BCUT2D eigenvalue weighted by Crippen LogP contribution is 2.44. The maximum atomic E-state index is 3.84. The van der Waals surface area contributed by atoms with Gasteiger partial charge in [-0.2, -0.15) is 0 Å². The Morgan fingerprint density at radius 3 is 2.47 bits per heavy atom. The Morgan fingerprint density at radius 2 is 1.84 bits per heavy atom. The summed E-state index contributed by atoms with van der Waals surface area (Å²) < 4.78 is 0. The van der Waals surface area contributed by atoms with Crippen LogP contribution in [0.1, 0.15) is 72.6 Å². The molecule has 6 unspecified atom stereocenters. The molecule has 0 aromatic rings. The van der Waals surface area contributed by atoms with Gasteiger partial charge in [0.25, 0.3) is 0 Å². The lowest BCUT2D eigenvalue weighted by Gasteiger charge is -2.38. The molecule has 3 fully saturated rings. The molecule has 6 atom stereocenters. The summed E-state index contributed by atoms with van der Waals surface area (Å²) in [6.07, 6.45) is 10.0. The van der Waals surface area contributed by atoms with E-state index >= 15 is 0 Å². The van der Waals surface area contributed by atoms with Crippen molar-refractivity contribution in [3.05, 3.63) is 0 Å². The molecule has 2 bridgehead atoms. The Hall–Kier alpha value is -0.0400. The van der Waals surface area contributed by atoms with Crippen LogP contribution in [0.3, 0.4) is 0 Å². The lowest BCUT2D eigenvalue weighted by atomic mass is 9.71. The molecular weight excluding hydrogens is 230 g/mol. The molecule has 1 nitrogen and oxygen atoms in total. The van der Waals surface area contributed by atoms with Gasteiger partial charge < -0.3 is 5.32 Å². The third kappa shape index (κ3) is 3.54. The Bertz CT molecular complexity index is 262. The van der Waals surface area contributed by atoms with E-state index in [1.807, 2.05) is 0 Å². The second-order valence-electron chi connectivity index (χ2n) is 7.43. The fourth-order valence-electron chi connectivity index (χ4n) is 4.84. The topological polar surface area (TPSA) is 12.0 Å². The van der Waals surface area contributed by atoms with E-state index in [0.717, 1.165) is 35.6 Å². The molecule has 112 valence electrons. The van der Waals surface area contributed by atoms with Crippen LogP contribution in [0.5, 0.6) is 0 Å². The summed E-state index contributed by atoms with van der Waals surface area (Å²) in [5, 5.41) is 3.84. The van der Waals surface area contributed by atoms with Crippen LogP contribution in [0.25, 0.3) is 0 Å². The van der Waals surface area contributed by atoms with Gasteiger partial charge in [-0.25, -0.2) is 0 Å². The zero-order valence-electron chi connectivity index (χ0n) is 13.6. The number of hydrogen-bond donors (Lipinski definition) is 1. The standard InChI is InChI=1S/C18H35N/c1-5-7-8-9-15(6-2)16-10-14(4)18-11-13(3)17(16)12-19-18/h13-19H,5-12H2,1-4H3. The second kappa shape index (κ2) is 7.11. The van der Waals surface area contributed by atoms with E-state index in [1.54, 1.807) is 0 Å². The van der Waals surface area contributed by atoms with Crippen LogP contribution in [-0.4, -0.2) is 12.6 Å². The molecule has 0 amide bonds. The van der Waals surface area contributed by atoms with E-state index in [9.17, 15) is 0 Å². The van der Waals surface area contributed by atoms with E-state index < -0.39 is 0 Å². The Labute approximate surface area is 120 Å². The van der Waals surface area contributed by atoms with Gasteiger partial charge in [0.1, 0.15) is 0 Å². The number of fused-ring (bicyclic) bond motifs is 4. The van der Waals surface area contributed by atoms with Crippen molar-refractivity contribution in [2.45, 2.75) is 78.7 Å². The van der Waals surface area contributed by atoms with Crippen LogP contribution >= 0.6 is 0 Å². The zero-order valence-corrected chi connectivity index (χ0v) is 13.6. The molecule has 1 N–H and O–H groups in total. The largest absolute Gasteiger partial charge is 0.313 e. The Kier molecular flexibility index (Phi) is 5.74. The van der Waals surface area contributed by atoms with E-state index in [4.69, 9.17) is 0 Å². The molecule has 0 aromatic heterocycles. The van der Waals surface area contributed by atoms with Gasteiger partial charge in [-0.3, -0.25) is 0 Å². The number of piperidine rings is 1. The first-order valence-electron chi connectivity index (χ1n) is 8.90. The average Bonchev–Trinajstić information content (AvgIpc) is 2.63. The lowest BCUT2D eigenvalue weighted by Crippen LogP contribution is -2.44. The number of hydrogen-bond acceptors (Lipinski definition) is 1. The molecule has 0 spiro atoms. The van der Waals surface area contributed by atoms with Gasteiger partial charge in [0.15, 0.2) is 0 Å². The zero-order chi connectivity index (χ0) is 13.8. The predicted molar refractivity (Wildman–Crippen MR) is 84.3 cm³/mol. The third-order valence-electron chi connectivity index (χ3n) is 6.16. The maximum absolute atomic E-state index is 3.84. The molecule has 1 aliphatic carbocycles. The van der Waals surface area contributed by atoms with Crippen LogP contribution < -0.4 is 5.32 Å². The van der Waals surface area contributed by atoms with Crippen molar-refractivity contribution in [1.29, 1.82) is 0 Å².